The van der Waals surface area contributed by atoms with Crippen LogP contribution in [0.3, 0.4) is 0 Å². The van der Waals surface area contributed by atoms with Crippen LogP contribution in [0.1, 0.15) is 28.8 Å². The molecule has 0 spiro atoms. The molecule has 2 aromatic rings. The number of carbonyl (C=O) groups is 2. The van der Waals surface area contributed by atoms with Gasteiger partial charge in [-0.3, -0.25) is 4.79 Å². The molecular weight excluding hydrogens is 320 g/mol. The van der Waals surface area contributed by atoms with Crippen LogP contribution in [0.15, 0.2) is 42.7 Å². The van der Waals surface area contributed by atoms with E-state index in [0.717, 1.165) is 25.9 Å². The maximum atomic E-state index is 12.3. The van der Waals surface area contributed by atoms with Gasteiger partial charge in [0, 0.05) is 31.5 Å². The molecule has 0 radical (unpaired) electrons. The number of nitrogens with zero attached hydrogens (tertiary/aromatic N) is 3. The number of hydrogen-bond donors (Lipinski definition) is 2. The summed E-state index contributed by atoms with van der Waals surface area (Å²) >= 11 is 0. The highest BCUT2D eigenvalue weighted by molar-refractivity contribution is 5.91. The number of carboxylic acid groups (broad SMARTS) is 1. The number of hydrogen-bond acceptors (Lipinski definition) is 5. The molecule has 0 atom stereocenters. The Kier molecular flexibility index (Phi) is 5.23. The van der Waals surface area contributed by atoms with Crippen molar-refractivity contribution in [2.24, 2.45) is 0 Å². The highest BCUT2D eigenvalue weighted by Gasteiger charge is 2.22. The topological polar surface area (TPSA) is 95.4 Å². The minimum atomic E-state index is -1.01. The Balaban J connectivity index is 1.52. The van der Waals surface area contributed by atoms with E-state index in [2.05, 4.69) is 20.2 Å². The molecule has 1 saturated heterocycles. The summed E-state index contributed by atoms with van der Waals surface area (Å²) in [7, 11) is 0. The third kappa shape index (κ3) is 4.32. The number of aromatic carboxylic acids is 1. The van der Waals surface area contributed by atoms with Crippen molar-refractivity contribution in [2.45, 2.75) is 25.3 Å². The average Bonchev–Trinajstić information content (AvgIpc) is 2.63. The molecule has 0 bridgehead atoms. The van der Waals surface area contributed by atoms with Gasteiger partial charge in [-0.15, -0.1) is 0 Å². The van der Waals surface area contributed by atoms with Crippen LogP contribution >= 0.6 is 0 Å². The molecule has 7 heteroatoms. The molecular formula is C18H20N4O3. The number of carboxylic acids is 1. The number of anilines is 1. The van der Waals surface area contributed by atoms with Crippen molar-refractivity contribution in [3.8, 4) is 0 Å². The molecule has 1 aromatic heterocycles. The number of rotatable bonds is 5. The molecule has 0 unspecified atom stereocenters. The molecule has 2 N–H and O–H groups in total. The third-order valence-corrected chi connectivity index (χ3v) is 4.29. The van der Waals surface area contributed by atoms with E-state index in [1.807, 2.05) is 0 Å². The highest BCUT2D eigenvalue weighted by atomic mass is 16.4. The van der Waals surface area contributed by atoms with E-state index in [4.69, 9.17) is 0 Å². The lowest BCUT2D eigenvalue weighted by molar-refractivity contribution is -0.121. The molecule has 25 heavy (non-hydrogen) atoms. The van der Waals surface area contributed by atoms with E-state index >= 15 is 0 Å². The van der Waals surface area contributed by atoms with Crippen LogP contribution in [-0.4, -0.2) is 46.1 Å². The fourth-order valence-electron chi connectivity index (χ4n) is 3.01. The zero-order valence-corrected chi connectivity index (χ0v) is 13.8. The highest BCUT2D eigenvalue weighted by Crippen LogP contribution is 2.16. The van der Waals surface area contributed by atoms with Gasteiger partial charge in [0.2, 0.25) is 11.9 Å². The first kappa shape index (κ1) is 16.9. The lowest BCUT2D eigenvalue weighted by Gasteiger charge is -2.32. The second-order valence-corrected chi connectivity index (χ2v) is 6.02. The molecule has 1 aliphatic heterocycles. The van der Waals surface area contributed by atoms with Crippen molar-refractivity contribution < 1.29 is 14.7 Å². The molecule has 1 aromatic carbocycles. The average molecular weight is 340 g/mol. The quantitative estimate of drug-likeness (QED) is 0.856. The Morgan fingerprint density at radius 2 is 1.80 bits per heavy atom. The molecule has 1 amide bonds. The predicted octanol–water partition coefficient (Wildman–Crippen LogP) is 1.50. The number of piperidine rings is 1. The fraction of sp³-hybridized carbons (Fsp3) is 0.333. The SMILES string of the molecule is O=C(Cc1ccccc1C(=O)O)NC1CCN(c2ncccn2)CC1. The zero-order chi connectivity index (χ0) is 17.6. The molecule has 0 aliphatic carbocycles. The van der Waals surface area contributed by atoms with Gasteiger partial charge in [0.1, 0.15) is 0 Å². The summed E-state index contributed by atoms with van der Waals surface area (Å²) in [5.41, 5.74) is 0.705. The van der Waals surface area contributed by atoms with Crippen LogP contribution in [0, 0.1) is 0 Å². The molecule has 1 aliphatic rings. The lowest BCUT2D eigenvalue weighted by Crippen LogP contribution is -2.45. The van der Waals surface area contributed by atoms with Crippen molar-refractivity contribution in [3.05, 3.63) is 53.9 Å². The molecule has 3 rings (SSSR count). The van der Waals surface area contributed by atoms with Crippen molar-refractivity contribution in [1.82, 2.24) is 15.3 Å². The van der Waals surface area contributed by atoms with Gasteiger partial charge in [-0.05, 0) is 30.5 Å². The second kappa shape index (κ2) is 7.74. The smallest absolute Gasteiger partial charge is 0.335 e. The Bertz CT molecular complexity index is 743. The van der Waals surface area contributed by atoms with Crippen LogP contribution in [0.25, 0.3) is 0 Å². The maximum absolute atomic E-state index is 12.3. The summed E-state index contributed by atoms with van der Waals surface area (Å²) < 4.78 is 0. The Morgan fingerprint density at radius 1 is 1.12 bits per heavy atom. The Labute approximate surface area is 145 Å². The van der Waals surface area contributed by atoms with Crippen LogP contribution in [0.2, 0.25) is 0 Å². The van der Waals surface area contributed by atoms with Crippen LogP contribution in [-0.2, 0) is 11.2 Å². The Hall–Kier alpha value is -2.96. The number of benzene rings is 1. The summed E-state index contributed by atoms with van der Waals surface area (Å²) in [6, 6.07) is 8.47. The van der Waals surface area contributed by atoms with Crippen molar-refractivity contribution >= 4 is 17.8 Å². The number of aromatic nitrogens is 2. The van der Waals surface area contributed by atoms with E-state index in [-0.39, 0.29) is 23.9 Å². The van der Waals surface area contributed by atoms with Crippen molar-refractivity contribution in [2.75, 3.05) is 18.0 Å². The molecule has 2 heterocycles. The van der Waals surface area contributed by atoms with Gasteiger partial charge in [0.15, 0.2) is 0 Å². The van der Waals surface area contributed by atoms with E-state index < -0.39 is 5.97 Å². The van der Waals surface area contributed by atoms with Gasteiger partial charge < -0.3 is 15.3 Å². The molecule has 0 saturated carbocycles. The number of nitrogens with one attached hydrogen (secondary N) is 1. The molecule has 130 valence electrons. The van der Waals surface area contributed by atoms with E-state index in [9.17, 15) is 14.7 Å². The summed E-state index contributed by atoms with van der Waals surface area (Å²) in [6.45, 7) is 1.56. The minimum Gasteiger partial charge on any atom is -0.478 e. The second-order valence-electron chi connectivity index (χ2n) is 6.02. The minimum absolute atomic E-state index is 0.0739. The first-order chi connectivity index (χ1) is 12.1. The summed E-state index contributed by atoms with van der Waals surface area (Å²) in [5.74, 6) is -0.453. The van der Waals surface area contributed by atoms with Crippen LogP contribution in [0.4, 0.5) is 5.95 Å². The Morgan fingerprint density at radius 3 is 2.48 bits per heavy atom. The summed E-state index contributed by atoms with van der Waals surface area (Å²) in [5, 5.41) is 12.2. The van der Waals surface area contributed by atoms with Gasteiger partial charge in [0.25, 0.3) is 0 Å². The largest absolute Gasteiger partial charge is 0.478 e. The van der Waals surface area contributed by atoms with Gasteiger partial charge in [-0.25, -0.2) is 14.8 Å². The standard InChI is InChI=1S/C18H20N4O3/c23-16(12-13-4-1-2-5-15(13)17(24)25)21-14-6-10-22(11-7-14)18-19-8-3-9-20-18/h1-5,8-9,14H,6-7,10-12H2,(H,21,23)(H,24,25). The zero-order valence-electron chi connectivity index (χ0n) is 13.8. The molecule has 7 nitrogen and oxygen atoms in total. The lowest BCUT2D eigenvalue weighted by atomic mass is 10.0. The van der Waals surface area contributed by atoms with Gasteiger partial charge >= 0.3 is 5.97 Å². The van der Waals surface area contributed by atoms with Crippen molar-refractivity contribution in [3.63, 3.8) is 0 Å². The monoisotopic (exact) mass is 340 g/mol. The van der Waals surface area contributed by atoms with E-state index in [1.54, 1.807) is 36.7 Å². The van der Waals surface area contributed by atoms with Gasteiger partial charge in [-0.2, -0.15) is 0 Å². The first-order valence-electron chi connectivity index (χ1n) is 8.26. The first-order valence-corrected chi connectivity index (χ1v) is 8.26. The predicted molar refractivity (Wildman–Crippen MR) is 92.5 cm³/mol. The van der Waals surface area contributed by atoms with E-state index in [1.165, 1.54) is 6.07 Å². The van der Waals surface area contributed by atoms with Crippen LogP contribution in [0.5, 0.6) is 0 Å². The third-order valence-electron chi connectivity index (χ3n) is 4.29. The summed E-state index contributed by atoms with van der Waals surface area (Å²) in [4.78, 5) is 34.1. The van der Waals surface area contributed by atoms with Gasteiger partial charge in [-0.1, -0.05) is 18.2 Å². The summed E-state index contributed by atoms with van der Waals surface area (Å²) in [6.07, 6.45) is 5.13. The number of carbonyl (C=O) groups excluding carboxylic acids is 1. The van der Waals surface area contributed by atoms with E-state index in [0.29, 0.717) is 11.5 Å². The van der Waals surface area contributed by atoms with Gasteiger partial charge in [0.05, 0.1) is 12.0 Å². The molecule has 1 fully saturated rings. The van der Waals surface area contributed by atoms with Crippen molar-refractivity contribution in [1.29, 1.82) is 0 Å². The fourth-order valence-corrected chi connectivity index (χ4v) is 3.01. The normalized spacial score (nSPS) is 15.0. The van der Waals surface area contributed by atoms with Crippen LogP contribution < -0.4 is 10.2 Å². The maximum Gasteiger partial charge on any atom is 0.335 e. The number of amides is 1.